The third kappa shape index (κ3) is 6.96. The topological polar surface area (TPSA) is 105 Å². The zero-order valence-electron chi connectivity index (χ0n) is 12.8. The molecule has 0 aliphatic rings. The van der Waals surface area contributed by atoms with Crippen LogP contribution in [0.15, 0.2) is 0 Å². The van der Waals surface area contributed by atoms with Crippen LogP contribution in [0.1, 0.15) is 41.5 Å². The van der Waals surface area contributed by atoms with Crippen LogP contribution in [-0.2, 0) is 14.3 Å². The Kier molecular flexibility index (Phi) is 6.48. The zero-order valence-corrected chi connectivity index (χ0v) is 12.8. The van der Waals surface area contributed by atoms with Crippen LogP contribution in [0.25, 0.3) is 0 Å². The first-order valence-corrected chi connectivity index (χ1v) is 6.46. The van der Waals surface area contributed by atoms with Gasteiger partial charge in [0.15, 0.2) is 0 Å². The zero-order chi connectivity index (χ0) is 16.1. The van der Waals surface area contributed by atoms with Gasteiger partial charge in [0.25, 0.3) is 0 Å². The van der Waals surface area contributed by atoms with Crippen LogP contribution in [0, 0.1) is 5.92 Å². The number of alkyl carbamates (subject to hydrolysis) is 1. The summed E-state index contributed by atoms with van der Waals surface area (Å²) >= 11 is 0. The van der Waals surface area contributed by atoms with E-state index in [1.54, 1.807) is 34.6 Å². The molecule has 0 aromatic rings. The molecule has 116 valence electrons. The average molecular weight is 288 g/mol. The maximum Gasteiger partial charge on any atom is 0.408 e. The largest absolute Gasteiger partial charge is 0.480 e. The number of amides is 2. The van der Waals surface area contributed by atoms with Crippen LogP contribution in [-0.4, -0.2) is 40.8 Å². The Morgan fingerprint density at radius 1 is 1.05 bits per heavy atom. The molecule has 7 nitrogen and oxygen atoms in total. The lowest BCUT2D eigenvalue weighted by Crippen LogP contribution is -2.53. The fourth-order valence-corrected chi connectivity index (χ4v) is 1.33. The number of carboxylic acid groups (broad SMARTS) is 1. The van der Waals surface area contributed by atoms with Crippen molar-refractivity contribution in [3.05, 3.63) is 0 Å². The Labute approximate surface area is 119 Å². The van der Waals surface area contributed by atoms with E-state index in [0.29, 0.717) is 0 Å². The molecule has 0 aliphatic carbocycles. The van der Waals surface area contributed by atoms with E-state index in [4.69, 9.17) is 9.84 Å². The summed E-state index contributed by atoms with van der Waals surface area (Å²) in [4.78, 5) is 34.3. The smallest absolute Gasteiger partial charge is 0.408 e. The molecule has 0 aromatic carbocycles. The standard InChI is InChI=1S/C13H24N2O5/c1-7(2)9(10(16)14-8(3)11(17)18)15-12(19)20-13(4,5)6/h7-9H,1-6H3,(H,14,16)(H,15,19)(H,17,18)/t8-,9+/m0/s1. The number of hydrogen-bond donors (Lipinski definition) is 3. The van der Waals surface area contributed by atoms with Crippen molar-refractivity contribution in [1.82, 2.24) is 10.6 Å². The predicted octanol–water partition coefficient (Wildman–Crippen LogP) is 1.12. The highest BCUT2D eigenvalue weighted by atomic mass is 16.6. The maximum absolute atomic E-state index is 12.0. The summed E-state index contributed by atoms with van der Waals surface area (Å²) in [5.74, 6) is -1.90. The third-order valence-corrected chi connectivity index (χ3v) is 2.35. The molecule has 0 unspecified atom stereocenters. The molecule has 0 radical (unpaired) electrons. The minimum Gasteiger partial charge on any atom is -0.480 e. The van der Waals surface area contributed by atoms with E-state index in [-0.39, 0.29) is 5.92 Å². The van der Waals surface area contributed by atoms with Crippen molar-refractivity contribution in [2.24, 2.45) is 5.92 Å². The van der Waals surface area contributed by atoms with Crippen molar-refractivity contribution >= 4 is 18.0 Å². The Morgan fingerprint density at radius 3 is 1.90 bits per heavy atom. The van der Waals surface area contributed by atoms with Gasteiger partial charge in [-0.3, -0.25) is 9.59 Å². The molecule has 0 saturated heterocycles. The minimum absolute atomic E-state index is 0.205. The molecule has 7 heteroatoms. The van der Waals surface area contributed by atoms with Gasteiger partial charge >= 0.3 is 12.1 Å². The van der Waals surface area contributed by atoms with E-state index in [2.05, 4.69) is 10.6 Å². The number of aliphatic carboxylic acids is 1. The second-order valence-corrected chi connectivity index (χ2v) is 5.94. The first-order chi connectivity index (χ1) is 8.94. The monoisotopic (exact) mass is 288 g/mol. The molecule has 0 spiro atoms. The number of carboxylic acids is 1. The fourth-order valence-electron chi connectivity index (χ4n) is 1.33. The van der Waals surface area contributed by atoms with E-state index in [1.165, 1.54) is 6.92 Å². The summed E-state index contributed by atoms with van der Waals surface area (Å²) in [6, 6.07) is -1.88. The second kappa shape index (κ2) is 7.12. The molecule has 0 aliphatic heterocycles. The van der Waals surface area contributed by atoms with Crippen LogP contribution >= 0.6 is 0 Å². The molecular formula is C13H24N2O5. The van der Waals surface area contributed by atoms with Crippen molar-refractivity contribution in [3.8, 4) is 0 Å². The molecule has 0 bridgehead atoms. The first kappa shape index (κ1) is 18.2. The van der Waals surface area contributed by atoms with E-state index in [1.807, 2.05) is 0 Å². The van der Waals surface area contributed by atoms with Crippen molar-refractivity contribution in [2.45, 2.75) is 59.2 Å². The molecule has 3 N–H and O–H groups in total. The van der Waals surface area contributed by atoms with E-state index in [9.17, 15) is 14.4 Å². The van der Waals surface area contributed by atoms with Gasteiger partial charge < -0.3 is 20.5 Å². The van der Waals surface area contributed by atoms with E-state index >= 15 is 0 Å². The van der Waals surface area contributed by atoms with Crippen LogP contribution in [0.4, 0.5) is 4.79 Å². The Balaban J connectivity index is 4.69. The summed E-state index contributed by atoms with van der Waals surface area (Å²) in [5, 5.41) is 13.5. The second-order valence-electron chi connectivity index (χ2n) is 5.94. The highest BCUT2D eigenvalue weighted by molar-refractivity contribution is 5.89. The van der Waals surface area contributed by atoms with Gasteiger partial charge in [-0.05, 0) is 33.6 Å². The molecule has 2 amide bonds. The SMILES string of the molecule is CC(C)[C@@H](NC(=O)OC(C)(C)C)C(=O)N[C@@H](C)C(=O)O. The van der Waals surface area contributed by atoms with Crippen LogP contribution < -0.4 is 10.6 Å². The molecular weight excluding hydrogens is 264 g/mol. The highest BCUT2D eigenvalue weighted by Crippen LogP contribution is 2.09. The fraction of sp³-hybridized carbons (Fsp3) is 0.769. The van der Waals surface area contributed by atoms with Crippen LogP contribution in [0.3, 0.4) is 0 Å². The normalized spacial score (nSPS) is 14.3. The highest BCUT2D eigenvalue weighted by Gasteiger charge is 2.28. The van der Waals surface area contributed by atoms with Crippen molar-refractivity contribution in [3.63, 3.8) is 0 Å². The maximum atomic E-state index is 12.0. The summed E-state index contributed by atoms with van der Waals surface area (Å²) in [6.45, 7) is 9.97. The Bertz CT molecular complexity index is 373. The number of carbonyl (C=O) groups excluding carboxylic acids is 2. The molecule has 2 atom stereocenters. The summed E-state index contributed by atoms with van der Waals surface area (Å²) in [5.41, 5.74) is -0.670. The van der Waals surface area contributed by atoms with Crippen molar-refractivity contribution < 1.29 is 24.2 Å². The van der Waals surface area contributed by atoms with Crippen LogP contribution in [0.5, 0.6) is 0 Å². The number of ether oxygens (including phenoxy) is 1. The molecule has 0 heterocycles. The molecule has 0 rings (SSSR count). The predicted molar refractivity (Wildman–Crippen MR) is 73.2 cm³/mol. The summed E-state index contributed by atoms with van der Waals surface area (Å²) in [7, 11) is 0. The van der Waals surface area contributed by atoms with Gasteiger partial charge in [-0.15, -0.1) is 0 Å². The number of hydrogen-bond acceptors (Lipinski definition) is 4. The lowest BCUT2D eigenvalue weighted by Gasteiger charge is -2.25. The van der Waals surface area contributed by atoms with Gasteiger partial charge in [0, 0.05) is 0 Å². The van der Waals surface area contributed by atoms with Gasteiger partial charge in [-0.2, -0.15) is 0 Å². The van der Waals surface area contributed by atoms with Gasteiger partial charge in [-0.1, -0.05) is 13.8 Å². The van der Waals surface area contributed by atoms with Gasteiger partial charge in [0.1, 0.15) is 17.7 Å². The van der Waals surface area contributed by atoms with E-state index < -0.39 is 35.7 Å². The number of rotatable bonds is 5. The lowest BCUT2D eigenvalue weighted by atomic mass is 10.0. The van der Waals surface area contributed by atoms with Gasteiger partial charge in [-0.25, -0.2) is 4.79 Å². The Hall–Kier alpha value is -1.79. The van der Waals surface area contributed by atoms with E-state index in [0.717, 1.165) is 0 Å². The number of nitrogens with one attached hydrogen (secondary N) is 2. The molecule has 0 fully saturated rings. The lowest BCUT2D eigenvalue weighted by molar-refractivity contribution is -0.141. The third-order valence-electron chi connectivity index (χ3n) is 2.35. The molecule has 20 heavy (non-hydrogen) atoms. The van der Waals surface area contributed by atoms with Crippen molar-refractivity contribution in [1.29, 1.82) is 0 Å². The quantitative estimate of drug-likeness (QED) is 0.703. The average Bonchev–Trinajstić information content (AvgIpc) is 2.22. The summed E-state index contributed by atoms with van der Waals surface area (Å²) < 4.78 is 5.07. The Morgan fingerprint density at radius 2 is 1.55 bits per heavy atom. The van der Waals surface area contributed by atoms with Crippen LogP contribution in [0.2, 0.25) is 0 Å². The van der Waals surface area contributed by atoms with Crippen molar-refractivity contribution in [2.75, 3.05) is 0 Å². The minimum atomic E-state index is -1.14. The number of carbonyl (C=O) groups is 3. The first-order valence-electron chi connectivity index (χ1n) is 6.46. The molecule has 0 saturated carbocycles. The molecule has 0 aromatic heterocycles. The van der Waals surface area contributed by atoms with Gasteiger partial charge in [0.05, 0.1) is 0 Å². The summed E-state index contributed by atoms with van der Waals surface area (Å²) in [6.07, 6.45) is -0.714. The van der Waals surface area contributed by atoms with Gasteiger partial charge in [0.2, 0.25) is 5.91 Å².